The highest BCUT2D eigenvalue weighted by Crippen LogP contribution is 2.31. The van der Waals surface area contributed by atoms with E-state index in [1.165, 1.54) is 31.4 Å². The van der Waals surface area contributed by atoms with E-state index < -0.39 is 0 Å². The van der Waals surface area contributed by atoms with Gasteiger partial charge in [-0.2, -0.15) is 0 Å². The van der Waals surface area contributed by atoms with Crippen LogP contribution in [0.25, 0.3) is 0 Å². The van der Waals surface area contributed by atoms with Crippen molar-refractivity contribution in [3.05, 3.63) is 64.7 Å². The molecule has 0 spiro atoms. The molecular formula is C16H17F2NO. The van der Waals surface area contributed by atoms with Crippen LogP contribution in [-0.4, -0.2) is 14.2 Å². The first kappa shape index (κ1) is 14.5. The summed E-state index contributed by atoms with van der Waals surface area (Å²) >= 11 is 0. The van der Waals surface area contributed by atoms with Gasteiger partial charge in [-0.1, -0.05) is 6.07 Å². The fraction of sp³-hybridized carbons (Fsp3) is 0.250. The molecule has 1 atom stereocenters. The Bertz CT molecular complexity index is 593. The van der Waals surface area contributed by atoms with Gasteiger partial charge in [0.1, 0.15) is 17.4 Å². The SMILES string of the molecule is CNC(c1cc(C)cc(F)c1)c1cc(F)ccc1OC. The first-order valence-electron chi connectivity index (χ1n) is 6.33. The van der Waals surface area contributed by atoms with Gasteiger partial charge in [-0.25, -0.2) is 8.78 Å². The summed E-state index contributed by atoms with van der Waals surface area (Å²) in [6, 6.07) is 8.74. The van der Waals surface area contributed by atoms with Crippen LogP contribution in [0.5, 0.6) is 5.75 Å². The summed E-state index contributed by atoms with van der Waals surface area (Å²) in [6.45, 7) is 1.82. The van der Waals surface area contributed by atoms with E-state index in [1.54, 1.807) is 13.1 Å². The highest BCUT2D eigenvalue weighted by Gasteiger charge is 2.18. The van der Waals surface area contributed by atoms with Crippen LogP contribution in [-0.2, 0) is 0 Å². The van der Waals surface area contributed by atoms with Crippen LogP contribution in [0.15, 0.2) is 36.4 Å². The van der Waals surface area contributed by atoms with Crippen LogP contribution in [0.1, 0.15) is 22.7 Å². The molecule has 0 saturated carbocycles. The van der Waals surface area contributed by atoms with E-state index in [1.807, 2.05) is 13.0 Å². The summed E-state index contributed by atoms with van der Waals surface area (Å²) in [5.41, 5.74) is 2.18. The minimum Gasteiger partial charge on any atom is -0.496 e. The van der Waals surface area contributed by atoms with Gasteiger partial charge in [-0.15, -0.1) is 0 Å². The van der Waals surface area contributed by atoms with Crippen molar-refractivity contribution in [1.82, 2.24) is 5.32 Å². The third-order valence-electron chi connectivity index (χ3n) is 3.19. The van der Waals surface area contributed by atoms with E-state index in [-0.39, 0.29) is 17.7 Å². The van der Waals surface area contributed by atoms with Crippen LogP contribution in [0.3, 0.4) is 0 Å². The maximum Gasteiger partial charge on any atom is 0.124 e. The van der Waals surface area contributed by atoms with Crippen molar-refractivity contribution in [1.29, 1.82) is 0 Å². The maximum atomic E-state index is 13.6. The van der Waals surface area contributed by atoms with Gasteiger partial charge in [0.05, 0.1) is 13.2 Å². The molecule has 0 fully saturated rings. The Balaban J connectivity index is 2.54. The van der Waals surface area contributed by atoms with Gasteiger partial charge in [0, 0.05) is 5.56 Å². The Labute approximate surface area is 117 Å². The summed E-state index contributed by atoms with van der Waals surface area (Å²) in [4.78, 5) is 0. The molecule has 0 aliphatic rings. The zero-order valence-corrected chi connectivity index (χ0v) is 11.7. The van der Waals surface area contributed by atoms with Gasteiger partial charge in [-0.05, 0) is 55.4 Å². The summed E-state index contributed by atoms with van der Waals surface area (Å²) in [5, 5.41) is 3.08. The molecule has 1 unspecified atom stereocenters. The number of hydrogen-bond acceptors (Lipinski definition) is 2. The second-order valence-electron chi connectivity index (χ2n) is 4.67. The third-order valence-corrected chi connectivity index (χ3v) is 3.19. The molecular weight excluding hydrogens is 260 g/mol. The Morgan fingerprint density at radius 3 is 2.40 bits per heavy atom. The van der Waals surface area contributed by atoms with E-state index in [2.05, 4.69) is 5.32 Å². The van der Waals surface area contributed by atoms with Gasteiger partial charge in [0.2, 0.25) is 0 Å². The molecule has 0 saturated heterocycles. The fourth-order valence-electron chi connectivity index (χ4n) is 2.36. The van der Waals surface area contributed by atoms with E-state index >= 15 is 0 Å². The third kappa shape index (κ3) is 2.96. The largest absolute Gasteiger partial charge is 0.496 e. The monoisotopic (exact) mass is 277 g/mol. The normalized spacial score (nSPS) is 12.2. The topological polar surface area (TPSA) is 21.3 Å². The molecule has 0 aliphatic heterocycles. The van der Waals surface area contributed by atoms with Crippen molar-refractivity contribution in [2.75, 3.05) is 14.2 Å². The molecule has 2 aromatic rings. The molecule has 2 aromatic carbocycles. The van der Waals surface area contributed by atoms with Crippen LogP contribution in [0.2, 0.25) is 0 Å². The van der Waals surface area contributed by atoms with Gasteiger partial charge >= 0.3 is 0 Å². The first-order valence-corrected chi connectivity index (χ1v) is 6.33. The number of benzene rings is 2. The van der Waals surface area contributed by atoms with Gasteiger partial charge < -0.3 is 10.1 Å². The Hall–Kier alpha value is -1.94. The van der Waals surface area contributed by atoms with Crippen LogP contribution < -0.4 is 10.1 Å². The van der Waals surface area contributed by atoms with Crippen molar-refractivity contribution in [2.45, 2.75) is 13.0 Å². The van der Waals surface area contributed by atoms with E-state index in [4.69, 9.17) is 4.74 Å². The summed E-state index contributed by atoms with van der Waals surface area (Å²) in [5.74, 6) is -0.0996. The number of nitrogens with one attached hydrogen (secondary N) is 1. The molecule has 20 heavy (non-hydrogen) atoms. The molecule has 0 bridgehead atoms. The van der Waals surface area contributed by atoms with Crippen molar-refractivity contribution in [3.8, 4) is 5.75 Å². The summed E-state index contributed by atoms with van der Waals surface area (Å²) in [6.07, 6.45) is 0. The van der Waals surface area contributed by atoms with Crippen molar-refractivity contribution in [2.24, 2.45) is 0 Å². The van der Waals surface area contributed by atoms with Gasteiger partial charge in [0.25, 0.3) is 0 Å². The standard InChI is InChI=1S/C16H17F2NO/c1-10-6-11(8-13(18)7-10)16(19-2)14-9-12(17)4-5-15(14)20-3/h4-9,16,19H,1-3H3. The predicted octanol–water partition coefficient (Wildman–Crippen LogP) is 3.59. The van der Waals surface area contributed by atoms with Crippen LogP contribution >= 0.6 is 0 Å². The molecule has 1 N–H and O–H groups in total. The van der Waals surface area contributed by atoms with Crippen LogP contribution in [0, 0.1) is 18.6 Å². The Morgan fingerprint density at radius 1 is 1.05 bits per heavy atom. The Kier molecular flexibility index (Phi) is 4.35. The van der Waals surface area contributed by atoms with Crippen molar-refractivity contribution < 1.29 is 13.5 Å². The molecule has 0 radical (unpaired) electrons. The Morgan fingerprint density at radius 2 is 1.80 bits per heavy atom. The zero-order chi connectivity index (χ0) is 14.7. The summed E-state index contributed by atoms with van der Waals surface area (Å²) < 4.78 is 32.3. The molecule has 0 aliphatic carbocycles. The van der Waals surface area contributed by atoms with Crippen LogP contribution in [0.4, 0.5) is 8.78 Å². The number of methoxy groups -OCH3 is 1. The number of halogens is 2. The smallest absolute Gasteiger partial charge is 0.124 e. The molecule has 0 aromatic heterocycles. The molecule has 106 valence electrons. The van der Waals surface area contributed by atoms with Gasteiger partial charge in [-0.3, -0.25) is 0 Å². The lowest BCUT2D eigenvalue weighted by molar-refractivity contribution is 0.403. The summed E-state index contributed by atoms with van der Waals surface area (Å²) in [7, 11) is 3.27. The lowest BCUT2D eigenvalue weighted by atomic mass is 9.96. The molecule has 0 amide bonds. The number of aryl methyl sites for hydroxylation is 1. The van der Waals surface area contributed by atoms with Crippen molar-refractivity contribution in [3.63, 3.8) is 0 Å². The van der Waals surface area contributed by atoms with E-state index in [9.17, 15) is 8.78 Å². The quantitative estimate of drug-likeness (QED) is 0.922. The van der Waals surface area contributed by atoms with E-state index in [0.29, 0.717) is 11.3 Å². The fourth-order valence-corrected chi connectivity index (χ4v) is 2.36. The highest BCUT2D eigenvalue weighted by atomic mass is 19.1. The number of hydrogen-bond donors (Lipinski definition) is 1. The zero-order valence-electron chi connectivity index (χ0n) is 11.7. The molecule has 0 heterocycles. The lowest BCUT2D eigenvalue weighted by Gasteiger charge is -2.20. The van der Waals surface area contributed by atoms with Crippen molar-refractivity contribution >= 4 is 0 Å². The maximum absolute atomic E-state index is 13.6. The highest BCUT2D eigenvalue weighted by molar-refractivity contribution is 5.42. The second-order valence-corrected chi connectivity index (χ2v) is 4.67. The minimum absolute atomic E-state index is 0.310. The second kappa shape index (κ2) is 6.01. The predicted molar refractivity (Wildman–Crippen MR) is 75.0 cm³/mol. The molecule has 2 rings (SSSR count). The molecule has 4 heteroatoms. The first-order chi connectivity index (χ1) is 9.55. The van der Waals surface area contributed by atoms with E-state index in [0.717, 1.165) is 11.1 Å². The average Bonchev–Trinajstić information content (AvgIpc) is 2.39. The number of ether oxygens (including phenoxy) is 1. The van der Waals surface area contributed by atoms with Gasteiger partial charge in [0.15, 0.2) is 0 Å². The minimum atomic E-state index is -0.353. The average molecular weight is 277 g/mol. The lowest BCUT2D eigenvalue weighted by Crippen LogP contribution is -2.19. The molecule has 2 nitrogen and oxygen atoms in total. The number of rotatable bonds is 4.